The Labute approximate surface area is 157 Å². The fourth-order valence-electron chi connectivity index (χ4n) is 2.59. The fourth-order valence-corrected chi connectivity index (χ4v) is 2.59. The van der Waals surface area contributed by atoms with Gasteiger partial charge in [-0.3, -0.25) is 4.79 Å². The number of furan rings is 1. The first-order valence-electron chi connectivity index (χ1n) is 8.58. The Kier molecular flexibility index (Phi) is 5.56. The highest BCUT2D eigenvalue weighted by atomic mass is 16.3. The monoisotopic (exact) mass is 363 g/mol. The Morgan fingerprint density at radius 3 is 2.26 bits per heavy atom. The largest absolute Gasteiger partial charge is 0.467 e. The zero-order valence-electron chi connectivity index (χ0n) is 15.2. The second-order valence-electron chi connectivity index (χ2n) is 6.17. The summed E-state index contributed by atoms with van der Waals surface area (Å²) in [5, 5.41) is 8.30. The molecular formula is C21H21N3O3. The summed E-state index contributed by atoms with van der Waals surface area (Å²) in [5.74, 6) is 0.516. The summed E-state index contributed by atoms with van der Waals surface area (Å²) < 4.78 is 5.16. The molecule has 3 rings (SSSR count). The van der Waals surface area contributed by atoms with Gasteiger partial charge in [0.2, 0.25) is 0 Å². The molecule has 1 heterocycles. The van der Waals surface area contributed by atoms with Gasteiger partial charge >= 0.3 is 6.03 Å². The van der Waals surface area contributed by atoms with Crippen LogP contribution in [0.4, 0.5) is 16.2 Å². The minimum Gasteiger partial charge on any atom is -0.467 e. The van der Waals surface area contributed by atoms with Crippen LogP contribution in [0.1, 0.15) is 27.2 Å². The van der Waals surface area contributed by atoms with Crippen LogP contribution in [0, 0.1) is 13.8 Å². The van der Waals surface area contributed by atoms with Crippen molar-refractivity contribution in [1.82, 2.24) is 5.32 Å². The predicted molar refractivity (Wildman–Crippen MR) is 105 cm³/mol. The third-order valence-electron chi connectivity index (χ3n) is 4.25. The van der Waals surface area contributed by atoms with E-state index < -0.39 is 0 Å². The third-order valence-corrected chi connectivity index (χ3v) is 4.25. The highest BCUT2D eigenvalue weighted by molar-refractivity contribution is 6.05. The van der Waals surface area contributed by atoms with E-state index in [1.807, 2.05) is 26.0 Å². The highest BCUT2D eigenvalue weighted by Crippen LogP contribution is 2.17. The molecule has 3 N–H and O–H groups in total. The summed E-state index contributed by atoms with van der Waals surface area (Å²) >= 11 is 0. The molecule has 27 heavy (non-hydrogen) atoms. The number of urea groups is 1. The Balaban J connectivity index is 1.56. The van der Waals surface area contributed by atoms with Crippen LogP contribution in [0.15, 0.2) is 65.3 Å². The number of aryl methyl sites for hydroxylation is 1. The average molecular weight is 363 g/mol. The molecule has 6 heteroatoms. The number of carbonyl (C=O) groups is 2. The molecule has 138 valence electrons. The summed E-state index contributed by atoms with van der Waals surface area (Å²) in [6.45, 7) is 4.21. The molecule has 3 amide bonds. The molecule has 0 aliphatic carbocycles. The second-order valence-corrected chi connectivity index (χ2v) is 6.17. The van der Waals surface area contributed by atoms with Crippen molar-refractivity contribution in [3.05, 3.63) is 83.3 Å². The number of rotatable bonds is 5. The Bertz CT molecular complexity index is 932. The minimum atomic E-state index is -0.335. The first-order chi connectivity index (χ1) is 13.0. The van der Waals surface area contributed by atoms with E-state index in [0.29, 0.717) is 29.2 Å². The molecule has 0 fully saturated rings. The lowest BCUT2D eigenvalue weighted by Crippen LogP contribution is -2.27. The molecule has 0 aliphatic heterocycles. The molecule has 0 spiro atoms. The van der Waals surface area contributed by atoms with E-state index in [1.54, 1.807) is 48.7 Å². The van der Waals surface area contributed by atoms with E-state index >= 15 is 0 Å². The van der Waals surface area contributed by atoms with Gasteiger partial charge in [-0.05, 0) is 67.4 Å². The quantitative estimate of drug-likeness (QED) is 0.625. The average Bonchev–Trinajstić information content (AvgIpc) is 3.17. The molecule has 0 bridgehead atoms. The van der Waals surface area contributed by atoms with Gasteiger partial charge in [-0.15, -0.1) is 0 Å². The molecule has 0 aliphatic rings. The Hall–Kier alpha value is -3.54. The number of benzene rings is 2. The standard InChI is InChI=1S/C21H21N3O3/c1-14-5-3-7-19(15(14)2)20(25)23-16-8-10-17(11-9-16)24-21(26)22-13-18-6-4-12-27-18/h3-12H,13H2,1-2H3,(H,23,25)(H2,22,24,26). The molecule has 3 aromatic rings. The molecular weight excluding hydrogens is 342 g/mol. The zero-order chi connectivity index (χ0) is 19.2. The maximum atomic E-state index is 12.4. The molecule has 0 unspecified atom stereocenters. The van der Waals surface area contributed by atoms with Crippen molar-refractivity contribution in [3.63, 3.8) is 0 Å². The van der Waals surface area contributed by atoms with Gasteiger partial charge in [-0.25, -0.2) is 4.79 Å². The van der Waals surface area contributed by atoms with Crippen LogP contribution in [-0.4, -0.2) is 11.9 Å². The van der Waals surface area contributed by atoms with Crippen molar-refractivity contribution in [2.45, 2.75) is 20.4 Å². The van der Waals surface area contributed by atoms with E-state index in [0.717, 1.165) is 11.1 Å². The Morgan fingerprint density at radius 1 is 0.889 bits per heavy atom. The van der Waals surface area contributed by atoms with Crippen LogP contribution >= 0.6 is 0 Å². The van der Waals surface area contributed by atoms with Crippen molar-refractivity contribution in [3.8, 4) is 0 Å². The van der Waals surface area contributed by atoms with Crippen LogP contribution in [-0.2, 0) is 6.54 Å². The van der Waals surface area contributed by atoms with Crippen LogP contribution in [0.25, 0.3) is 0 Å². The van der Waals surface area contributed by atoms with Crippen molar-refractivity contribution in [1.29, 1.82) is 0 Å². The molecule has 0 atom stereocenters. The van der Waals surface area contributed by atoms with Gasteiger partial charge in [0.25, 0.3) is 5.91 Å². The lowest BCUT2D eigenvalue weighted by Gasteiger charge is -2.11. The van der Waals surface area contributed by atoms with Crippen molar-refractivity contribution in [2.24, 2.45) is 0 Å². The second kappa shape index (κ2) is 8.23. The van der Waals surface area contributed by atoms with E-state index in [9.17, 15) is 9.59 Å². The maximum absolute atomic E-state index is 12.4. The van der Waals surface area contributed by atoms with Crippen LogP contribution in [0.5, 0.6) is 0 Å². The van der Waals surface area contributed by atoms with Gasteiger partial charge in [-0.1, -0.05) is 12.1 Å². The van der Waals surface area contributed by atoms with E-state index in [-0.39, 0.29) is 11.9 Å². The lowest BCUT2D eigenvalue weighted by atomic mass is 10.0. The van der Waals surface area contributed by atoms with Gasteiger partial charge in [0.1, 0.15) is 5.76 Å². The van der Waals surface area contributed by atoms with E-state index in [1.165, 1.54) is 0 Å². The molecule has 2 aromatic carbocycles. The third kappa shape index (κ3) is 4.76. The van der Waals surface area contributed by atoms with Gasteiger partial charge in [0, 0.05) is 16.9 Å². The smallest absolute Gasteiger partial charge is 0.319 e. The van der Waals surface area contributed by atoms with Crippen LogP contribution < -0.4 is 16.0 Å². The first kappa shape index (κ1) is 18.3. The summed E-state index contributed by atoms with van der Waals surface area (Å²) in [7, 11) is 0. The minimum absolute atomic E-state index is 0.159. The summed E-state index contributed by atoms with van der Waals surface area (Å²) in [5.41, 5.74) is 3.96. The number of amides is 3. The van der Waals surface area contributed by atoms with Gasteiger partial charge in [0.05, 0.1) is 12.8 Å². The number of anilines is 2. The summed E-state index contributed by atoms with van der Waals surface area (Å²) in [6, 6.07) is 15.8. The van der Waals surface area contributed by atoms with Crippen LogP contribution in [0.2, 0.25) is 0 Å². The molecule has 0 saturated carbocycles. The predicted octanol–water partition coefficient (Wildman–Crippen LogP) is 4.47. The molecule has 6 nitrogen and oxygen atoms in total. The number of carbonyl (C=O) groups excluding carboxylic acids is 2. The van der Waals surface area contributed by atoms with Crippen molar-refractivity contribution >= 4 is 23.3 Å². The van der Waals surface area contributed by atoms with E-state index in [4.69, 9.17) is 4.42 Å². The van der Waals surface area contributed by atoms with Gasteiger partial charge < -0.3 is 20.4 Å². The van der Waals surface area contributed by atoms with Gasteiger partial charge in [0.15, 0.2) is 0 Å². The SMILES string of the molecule is Cc1cccc(C(=O)Nc2ccc(NC(=O)NCc3ccco3)cc2)c1C. The topological polar surface area (TPSA) is 83.4 Å². The Morgan fingerprint density at radius 2 is 1.59 bits per heavy atom. The molecule has 0 radical (unpaired) electrons. The normalized spacial score (nSPS) is 10.3. The fraction of sp³-hybridized carbons (Fsp3) is 0.143. The lowest BCUT2D eigenvalue weighted by molar-refractivity contribution is 0.102. The molecule has 1 aromatic heterocycles. The van der Waals surface area contributed by atoms with Crippen molar-refractivity contribution in [2.75, 3.05) is 10.6 Å². The number of hydrogen-bond acceptors (Lipinski definition) is 3. The highest BCUT2D eigenvalue weighted by Gasteiger charge is 2.10. The van der Waals surface area contributed by atoms with Crippen molar-refractivity contribution < 1.29 is 14.0 Å². The maximum Gasteiger partial charge on any atom is 0.319 e. The molecule has 0 saturated heterocycles. The zero-order valence-corrected chi connectivity index (χ0v) is 15.2. The van der Waals surface area contributed by atoms with Gasteiger partial charge in [-0.2, -0.15) is 0 Å². The number of hydrogen-bond donors (Lipinski definition) is 3. The van der Waals surface area contributed by atoms with E-state index in [2.05, 4.69) is 16.0 Å². The number of nitrogens with one attached hydrogen (secondary N) is 3. The summed E-state index contributed by atoms with van der Waals surface area (Å²) in [6.07, 6.45) is 1.56. The van der Waals surface area contributed by atoms with Crippen LogP contribution in [0.3, 0.4) is 0 Å². The summed E-state index contributed by atoms with van der Waals surface area (Å²) in [4.78, 5) is 24.3. The first-order valence-corrected chi connectivity index (χ1v) is 8.58.